The molecule has 1 fully saturated rings. The summed E-state index contributed by atoms with van der Waals surface area (Å²) in [5, 5.41) is 12.2. The van der Waals surface area contributed by atoms with Gasteiger partial charge in [-0.3, -0.25) is 0 Å². The van der Waals surface area contributed by atoms with Crippen LogP contribution >= 0.6 is 27.5 Å². The van der Waals surface area contributed by atoms with Gasteiger partial charge in [-0.15, -0.1) is 10.2 Å². The molecule has 1 aliphatic rings. The summed E-state index contributed by atoms with van der Waals surface area (Å²) in [4.78, 5) is 0. The third-order valence-electron chi connectivity index (χ3n) is 2.98. The first-order valence-electron chi connectivity index (χ1n) is 6.23. The van der Waals surface area contributed by atoms with Crippen molar-refractivity contribution < 1.29 is 4.42 Å². The molecule has 1 heterocycles. The van der Waals surface area contributed by atoms with E-state index in [1.54, 1.807) is 0 Å². The average Bonchev–Trinajstić information content (AvgIpc) is 3.10. The summed E-state index contributed by atoms with van der Waals surface area (Å²) in [6, 6.07) is 6.28. The Morgan fingerprint density at radius 2 is 2.21 bits per heavy atom. The van der Waals surface area contributed by atoms with Gasteiger partial charge in [-0.2, -0.15) is 0 Å². The zero-order valence-electron chi connectivity index (χ0n) is 10.2. The lowest BCUT2D eigenvalue weighted by Gasteiger charge is -1.99. The number of rotatable bonds is 5. The quantitative estimate of drug-likeness (QED) is 0.904. The summed E-state index contributed by atoms with van der Waals surface area (Å²) in [5.74, 6) is 1.16. The van der Waals surface area contributed by atoms with Crippen LogP contribution in [0.2, 0.25) is 5.02 Å². The molecule has 0 atom stereocenters. The second-order valence-electron chi connectivity index (χ2n) is 4.61. The summed E-state index contributed by atoms with van der Waals surface area (Å²) in [6.07, 6.45) is 3.33. The molecule has 4 nitrogen and oxygen atoms in total. The third-order valence-corrected chi connectivity index (χ3v) is 4.22. The maximum Gasteiger partial charge on any atom is 0.247 e. The van der Waals surface area contributed by atoms with Crippen LogP contribution in [0.3, 0.4) is 0 Å². The standard InChI is InChI=1S/C13H13BrClN3O/c14-10-4-1-8(7-11(10)15)13-18-17-12(19-13)5-6-16-9-2-3-9/h1,4,7,9,16H,2-3,5-6H2. The highest BCUT2D eigenvalue weighted by Gasteiger charge is 2.20. The van der Waals surface area contributed by atoms with Crippen LogP contribution in [0.4, 0.5) is 0 Å². The number of halogens is 2. The molecule has 0 radical (unpaired) electrons. The lowest BCUT2D eigenvalue weighted by atomic mass is 10.2. The van der Waals surface area contributed by atoms with Gasteiger partial charge >= 0.3 is 0 Å². The van der Waals surface area contributed by atoms with E-state index in [-0.39, 0.29) is 0 Å². The first-order valence-corrected chi connectivity index (χ1v) is 7.40. The zero-order valence-corrected chi connectivity index (χ0v) is 12.5. The molecule has 0 unspecified atom stereocenters. The molecule has 19 heavy (non-hydrogen) atoms. The van der Waals surface area contributed by atoms with Gasteiger partial charge in [-0.05, 0) is 47.0 Å². The van der Waals surface area contributed by atoms with Crippen molar-refractivity contribution in [2.24, 2.45) is 0 Å². The van der Waals surface area contributed by atoms with E-state index in [4.69, 9.17) is 16.0 Å². The van der Waals surface area contributed by atoms with Crippen molar-refractivity contribution in [3.05, 3.63) is 33.6 Å². The average molecular weight is 343 g/mol. The third kappa shape index (κ3) is 3.35. The Labute approximate surface area is 124 Å². The zero-order chi connectivity index (χ0) is 13.2. The van der Waals surface area contributed by atoms with Crippen molar-refractivity contribution in [1.29, 1.82) is 0 Å². The van der Waals surface area contributed by atoms with Crippen LogP contribution in [0.25, 0.3) is 11.5 Å². The molecule has 1 aromatic heterocycles. The van der Waals surface area contributed by atoms with Gasteiger partial charge in [-0.25, -0.2) is 0 Å². The molecule has 1 aliphatic carbocycles. The molecule has 0 bridgehead atoms. The van der Waals surface area contributed by atoms with Gasteiger partial charge in [0.2, 0.25) is 11.8 Å². The van der Waals surface area contributed by atoms with Crippen LogP contribution < -0.4 is 5.32 Å². The Kier molecular flexibility index (Phi) is 3.86. The lowest BCUT2D eigenvalue weighted by molar-refractivity contribution is 0.494. The minimum atomic E-state index is 0.510. The predicted molar refractivity (Wildman–Crippen MR) is 77.2 cm³/mol. The van der Waals surface area contributed by atoms with E-state index in [0.29, 0.717) is 22.8 Å². The van der Waals surface area contributed by atoms with Crippen LogP contribution in [-0.4, -0.2) is 22.8 Å². The number of hydrogen-bond acceptors (Lipinski definition) is 4. The number of aromatic nitrogens is 2. The Morgan fingerprint density at radius 1 is 1.37 bits per heavy atom. The van der Waals surface area contributed by atoms with E-state index >= 15 is 0 Å². The van der Waals surface area contributed by atoms with Crippen LogP contribution in [0.5, 0.6) is 0 Å². The fraction of sp³-hybridized carbons (Fsp3) is 0.385. The molecule has 1 saturated carbocycles. The fourth-order valence-electron chi connectivity index (χ4n) is 1.77. The number of benzene rings is 1. The van der Waals surface area contributed by atoms with Gasteiger partial charge < -0.3 is 9.73 Å². The summed E-state index contributed by atoms with van der Waals surface area (Å²) in [7, 11) is 0. The molecule has 2 aromatic rings. The van der Waals surface area contributed by atoms with E-state index < -0.39 is 0 Å². The minimum Gasteiger partial charge on any atom is -0.421 e. The highest BCUT2D eigenvalue weighted by atomic mass is 79.9. The van der Waals surface area contributed by atoms with Crippen molar-refractivity contribution in [1.82, 2.24) is 15.5 Å². The van der Waals surface area contributed by atoms with Gasteiger partial charge in [0, 0.05) is 29.0 Å². The van der Waals surface area contributed by atoms with E-state index in [2.05, 4.69) is 31.4 Å². The summed E-state index contributed by atoms with van der Waals surface area (Å²) < 4.78 is 6.48. The maximum atomic E-state index is 6.05. The van der Waals surface area contributed by atoms with E-state index in [1.807, 2.05) is 18.2 Å². The van der Waals surface area contributed by atoms with Crippen molar-refractivity contribution >= 4 is 27.5 Å². The smallest absolute Gasteiger partial charge is 0.247 e. The SMILES string of the molecule is Clc1cc(-c2nnc(CCNC3CC3)o2)ccc1Br. The Bertz CT molecular complexity index is 583. The van der Waals surface area contributed by atoms with Crippen molar-refractivity contribution in [3.8, 4) is 11.5 Å². The van der Waals surface area contributed by atoms with Crippen molar-refractivity contribution in [2.75, 3.05) is 6.54 Å². The topological polar surface area (TPSA) is 51.0 Å². The summed E-state index contributed by atoms with van der Waals surface area (Å²) in [5.41, 5.74) is 0.835. The molecular weight excluding hydrogens is 330 g/mol. The molecule has 3 rings (SSSR count). The monoisotopic (exact) mass is 341 g/mol. The first kappa shape index (κ1) is 13.1. The summed E-state index contributed by atoms with van der Waals surface area (Å²) in [6.45, 7) is 0.882. The highest BCUT2D eigenvalue weighted by molar-refractivity contribution is 9.10. The van der Waals surface area contributed by atoms with Gasteiger partial charge in [0.1, 0.15) is 0 Å². The van der Waals surface area contributed by atoms with Gasteiger partial charge in [0.25, 0.3) is 0 Å². The Morgan fingerprint density at radius 3 is 2.95 bits per heavy atom. The molecule has 0 saturated heterocycles. The van der Waals surface area contributed by atoms with E-state index in [9.17, 15) is 0 Å². The summed E-state index contributed by atoms with van der Waals surface area (Å²) >= 11 is 9.40. The predicted octanol–water partition coefficient (Wildman–Crippen LogP) is 3.45. The molecule has 0 aliphatic heterocycles. The van der Waals surface area contributed by atoms with Gasteiger partial charge in [0.05, 0.1) is 5.02 Å². The lowest BCUT2D eigenvalue weighted by Crippen LogP contribution is -2.19. The largest absolute Gasteiger partial charge is 0.421 e. The molecule has 6 heteroatoms. The van der Waals surface area contributed by atoms with Crippen LogP contribution in [0.15, 0.2) is 27.1 Å². The van der Waals surface area contributed by atoms with Crippen LogP contribution in [0.1, 0.15) is 18.7 Å². The van der Waals surface area contributed by atoms with Crippen molar-refractivity contribution in [2.45, 2.75) is 25.3 Å². The van der Waals surface area contributed by atoms with Gasteiger partial charge in [-0.1, -0.05) is 11.6 Å². The molecule has 1 aromatic carbocycles. The van der Waals surface area contributed by atoms with E-state index in [1.165, 1.54) is 12.8 Å². The van der Waals surface area contributed by atoms with Crippen molar-refractivity contribution in [3.63, 3.8) is 0 Å². The Hall–Kier alpha value is -0.910. The fourth-order valence-corrected chi connectivity index (χ4v) is 2.20. The first-order chi connectivity index (χ1) is 9.22. The maximum absolute atomic E-state index is 6.05. The van der Waals surface area contributed by atoms with Gasteiger partial charge in [0.15, 0.2) is 0 Å². The second-order valence-corrected chi connectivity index (χ2v) is 5.87. The Balaban J connectivity index is 1.67. The normalized spacial score (nSPS) is 14.8. The molecular formula is C13H13BrClN3O. The highest BCUT2D eigenvalue weighted by Crippen LogP contribution is 2.28. The van der Waals surface area contributed by atoms with Crippen LogP contribution in [-0.2, 0) is 6.42 Å². The number of nitrogens with zero attached hydrogens (tertiary/aromatic N) is 2. The molecule has 100 valence electrons. The number of hydrogen-bond donors (Lipinski definition) is 1. The van der Waals surface area contributed by atoms with Crippen LogP contribution in [0, 0.1) is 0 Å². The minimum absolute atomic E-state index is 0.510. The second kappa shape index (κ2) is 5.61. The molecule has 0 amide bonds. The number of nitrogens with one attached hydrogen (secondary N) is 1. The molecule has 0 spiro atoms. The van der Waals surface area contributed by atoms with E-state index in [0.717, 1.165) is 23.0 Å². The molecule has 1 N–H and O–H groups in total.